The minimum Gasteiger partial charge on any atom is -0.469 e. The molecular formula is C17H17FN2O3. The minimum atomic E-state index is -0.684. The van der Waals surface area contributed by atoms with Crippen molar-refractivity contribution in [2.45, 2.75) is 12.8 Å². The van der Waals surface area contributed by atoms with Gasteiger partial charge in [0.25, 0.3) is 0 Å². The zero-order valence-corrected chi connectivity index (χ0v) is 12.5. The number of amides is 2. The third kappa shape index (κ3) is 3.41. The Balaban J connectivity index is 1.55. The summed E-state index contributed by atoms with van der Waals surface area (Å²) in [5.41, 5.74) is 0.613. The van der Waals surface area contributed by atoms with Crippen molar-refractivity contribution in [2.75, 3.05) is 18.0 Å². The molecule has 23 heavy (non-hydrogen) atoms. The minimum absolute atomic E-state index is 0.243. The summed E-state index contributed by atoms with van der Waals surface area (Å²) in [6, 6.07) is 9.33. The van der Waals surface area contributed by atoms with Crippen molar-refractivity contribution in [3.8, 4) is 0 Å². The van der Waals surface area contributed by atoms with Crippen molar-refractivity contribution < 1.29 is 18.4 Å². The number of anilines is 1. The smallest absolute Gasteiger partial charge is 0.239 e. The summed E-state index contributed by atoms with van der Waals surface area (Å²) in [4.78, 5) is 26.1. The molecule has 5 nitrogen and oxygen atoms in total. The zero-order chi connectivity index (χ0) is 16.2. The molecule has 2 amide bonds. The van der Waals surface area contributed by atoms with Gasteiger partial charge >= 0.3 is 0 Å². The molecule has 120 valence electrons. The summed E-state index contributed by atoms with van der Waals surface area (Å²) in [6.45, 7) is 0.882. The predicted molar refractivity (Wildman–Crippen MR) is 82.3 cm³/mol. The highest BCUT2D eigenvalue weighted by Crippen LogP contribution is 2.25. The molecule has 0 aliphatic carbocycles. The molecule has 1 aliphatic rings. The van der Waals surface area contributed by atoms with Gasteiger partial charge in [0.1, 0.15) is 17.5 Å². The van der Waals surface area contributed by atoms with E-state index in [0.717, 1.165) is 5.76 Å². The van der Waals surface area contributed by atoms with Crippen LogP contribution >= 0.6 is 0 Å². The molecule has 1 atom stereocenters. The Morgan fingerprint density at radius 1 is 1.30 bits per heavy atom. The molecular weight excluding hydrogens is 299 g/mol. The van der Waals surface area contributed by atoms with Crippen LogP contribution in [0.5, 0.6) is 0 Å². The first-order valence-electron chi connectivity index (χ1n) is 7.52. The summed E-state index contributed by atoms with van der Waals surface area (Å²) < 4.78 is 18.1. The van der Waals surface area contributed by atoms with Crippen LogP contribution < -0.4 is 10.2 Å². The first-order chi connectivity index (χ1) is 11.1. The van der Waals surface area contributed by atoms with Gasteiger partial charge in [-0.05, 0) is 42.8 Å². The van der Waals surface area contributed by atoms with E-state index >= 15 is 0 Å². The van der Waals surface area contributed by atoms with E-state index in [1.165, 1.54) is 17.0 Å². The first-order valence-corrected chi connectivity index (χ1v) is 7.52. The van der Waals surface area contributed by atoms with Gasteiger partial charge in [0.15, 0.2) is 0 Å². The molecule has 1 aromatic carbocycles. The lowest BCUT2D eigenvalue weighted by molar-refractivity contribution is -0.132. The monoisotopic (exact) mass is 316 g/mol. The average molecular weight is 316 g/mol. The normalized spacial score (nSPS) is 17.5. The Bertz CT molecular complexity index is 682. The van der Waals surface area contributed by atoms with E-state index in [-0.39, 0.29) is 17.6 Å². The third-order valence-electron chi connectivity index (χ3n) is 3.91. The van der Waals surface area contributed by atoms with Gasteiger partial charge < -0.3 is 14.6 Å². The van der Waals surface area contributed by atoms with Crippen LogP contribution in [0.4, 0.5) is 10.1 Å². The van der Waals surface area contributed by atoms with Gasteiger partial charge in [-0.1, -0.05) is 0 Å². The van der Waals surface area contributed by atoms with Gasteiger partial charge in [-0.15, -0.1) is 0 Å². The highest BCUT2D eigenvalue weighted by atomic mass is 19.1. The summed E-state index contributed by atoms with van der Waals surface area (Å²) in [5, 5.41) is 2.77. The maximum atomic E-state index is 13.0. The Morgan fingerprint density at radius 2 is 2.09 bits per heavy atom. The van der Waals surface area contributed by atoms with Crippen LogP contribution in [0.1, 0.15) is 12.2 Å². The van der Waals surface area contributed by atoms with E-state index in [1.807, 2.05) is 6.07 Å². The van der Waals surface area contributed by atoms with Gasteiger partial charge in [0.05, 0.1) is 6.26 Å². The first kappa shape index (κ1) is 15.3. The summed E-state index contributed by atoms with van der Waals surface area (Å²) in [6.07, 6.45) is 2.63. The number of benzene rings is 1. The number of carbonyl (C=O) groups is 2. The Kier molecular flexibility index (Phi) is 4.41. The lowest BCUT2D eigenvalue weighted by Crippen LogP contribution is -2.37. The molecule has 1 N–H and O–H groups in total. The van der Waals surface area contributed by atoms with Crippen LogP contribution in [0, 0.1) is 11.7 Å². The van der Waals surface area contributed by atoms with Crippen molar-refractivity contribution in [3.05, 3.63) is 54.2 Å². The predicted octanol–water partition coefficient (Wildman–Crippen LogP) is 2.13. The second-order valence-electron chi connectivity index (χ2n) is 5.43. The standard InChI is InChI=1S/C17H17FN2O3/c18-12-3-5-13(6-4-12)20-10-8-15(17(20)22)16(21)19-9-7-14-2-1-11-23-14/h1-6,11,15H,7-10H2,(H,19,21)/t15-/m1/s1. The SMILES string of the molecule is O=C(NCCc1ccco1)[C@H]1CCN(c2ccc(F)cc2)C1=O. The molecule has 0 spiro atoms. The molecule has 0 unspecified atom stereocenters. The largest absolute Gasteiger partial charge is 0.469 e. The van der Waals surface area contributed by atoms with Gasteiger partial charge in [-0.2, -0.15) is 0 Å². The van der Waals surface area contributed by atoms with Crippen LogP contribution in [0.3, 0.4) is 0 Å². The number of rotatable bonds is 5. The van der Waals surface area contributed by atoms with Crippen molar-refractivity contribution in [1.29, 1.82) is 0 Å². The maximum absolute atomic E-state index is 13.0. The lowest BCUT2D eigenvalue weighted by atomic mass is 10.1. The summed E-state index contributed by atoms with van der Waals surface area (Å²) in [7, 11) is 0. The zero-order valence-electron chi connectivity index (χ0n) is 12.5. The van der Waals surface area contributed by atoms with Gasteiger partial charge in [0.2, 0.25) is 11.8 Å². The van der Waals surface area contributed by atoms with E-state index in [1.54, 1.807) is 24.5 Å². The number of nitrogens with one attached hydrogen (secondary N) is 1. The second kappa shape index (κ2) is 6.64. The molecule has 1 aromatic heterocycles. The fourth-order valence-corrected chi connectivity index (χ4v) is 2.69. The van der Waals surface area contributed by atoms with Crippen LogP contribution in [0.15, 0.2) is 47.1 Å². The molecule has 0 bridgehead atoms. The average Bonchev–Trinajstić information content (AvgIpc) is 3.18. The number of hydrogen-bond acceptors (Lipinski definition) is 3. The maximum Gasteiger partial charge on any atom is 0.239 e. The van der Waals surface area contributed by atoms with E-state index in [9.17, 15) is 14.0 Å². The quantitative estimate of drug-likeness (QED) is 0.860. The van der Waals surface area contributed by atoms with E-state index in [2.05, 4.69) is 5.32 Å². The van der Waals surface area contributed by atoms with Crippen molar-refractivity contribution in [1.82, 2.24) is 5.32 Å². The molecule has 2 heterocycles. The van der Waals surface area contributed by atoms with Gasteiger partial charge in [0, 0.05) is 25.2 Å². The molecule has 1 saturated heterocycles. The molecule has 0 saturated carbocycles. The van der Waals surface area contributed by atoms with Crippen molar-refractivity contribution in [3.63, 3.8) is 0 Å². The fourth-order valence-electron chi connectivity index (χ4n) is 2.69. The number of hydrogen-bond donors (Lipinski definition) is 1. The highest BCUT2D eigenvalue weighted by Gasteiger charge is 2.37. The van der Waals surface area contributed by atoms with E-state index in [0.29, 0.717) is 31.6 Å². The van der Waals surface area contributed by atoms with Gasteiger partial charge in [-0.25, -0.2) is 4.39 Å². The molecule has 1 aliphatic heterocycles. The summed E-state index contributed by atoms with van der Waals surface area (Å²) in [5.74, 6) is -0.765. The number of furan rings is 1. The van der Waals surface area contributed by atoms with E-state index < -0.39 is 5.92 Å². The fraction of sp³-hybridized carbons (Fsp3) is 0.294. The Hall–Kier alpha value is -2.63. The molecule has 6 heteroatoms. The molecule has 1 fully saturated rings. The van der Waals surface area contributed by atoms with Crippen molar-refractivity contribution in [2.24, 2.45) is 5.92 Å². The number of halogens is 1. The summed E-state index contributed by atoms with van der Waals surface area (Å²) >= 11 is 0. The lowest BCUT2D eigenvalue weighted by Gasteiger charge is -2.16. The molecule has 3 rings (SSSR count). The molecule has 2 aromatic rings. The second-order valence-corrected chi connectivity index (χ2v) is 5.43. The Morgan fingerprint density at radius 3 is 2.78 bits per heavy atom. The highest BCUT2D eigenvalue weighted by molar-refractivity contribution is 6.09. The Labute approximate surface area is 133 Å². The van der Waals surface area contributed by atoms with Crippen LogP contribution in [0.25, 0.3) is 0 Å². The number of carbonyl (C=O) groups excluding carboxylic acids is 2. The van der Waals surface area contributed by atoms with Crippen LogP contribution in [-0.4, -0.2) is 24.9 Å². The third-order valence-corrected chi connectivity index (χ3v) is 3.91. The van der Waals surface area contributed by atoms with Crippen LogP contribution in [-0.2, 0) is 16.0 Å². The van der Waals surface area contributed by atoms with E-state index in [4.69, 9.17) is 4.42 Å². The van der Waals surface area contributed by atoms with Crippen molar-refractivity contribution >= 4 is 17.5 Å². The molecule has 0 radical (unpaired) electrons. The topological polar surface area (TPSA) is 62.6 Å². The van der Waals surface area contributed by atoms with Gasteiger partial charge in [-0.3, -0.25) is 9.59 Å². The number of nitrogens with zero attached hydrogens (tertiary/aromatic N) is 1. The van der Waals surface area contributed by atoms with Crippen LogP contribution in [0.2, 0.25) is 0 Å².